The number of hydrogen-bond acceptors (Lipinski definition) is 6. The summed E-state index contributed by atoms with van der Waals surface area (Å²) in [6.07, 6.45) is 22.9. The Kier molecular flexibility index (Phi) is 23.4. The van der Waals surface area contributed by atoms with Crippen LogP contribution < -0.4 is 5.43 Å². The molecule has 0 fully saturated rings. The summed E-state index contributed by atoms with van der Waals surface area (Å²) < 4.78 is 11.1. The van der Waals surface area contributed by atoms with Crippen LogP contribution in [0.25, 0.3) is 0 Å². The van der Waals surface area contributed by atoms with E-state index in [-0.39, 0.29) is 25.2 Å². The molecule has 0 spiro atoms. The molecule has 1 N–H and O–H groups in total. The van der Waals surface area contributed by atoms with Crippen LogP contribution in [-0.4, -0.2) is 49.8 Å². The van der Waals surface area contributed by atoms with Crippen molar-refractivity contribution in [1.82, 2.24) is 10.4 Å². The molecule has 0 radical (unpaired) electrons. The zero-order valence-corrected chi connectivity index (χ0v) is 24.6. The summed E-state index contributed by atoms with van der Waals surface area (Å²) in [7, 11) is 3.76. The number of rotatable bonds is 26. The molecule has 0 bridgehead atoms. The lowest BCUT2D eigenvalue weighted by atomic mass is 10.1. The van der Waals surface area contributed by atoms with Gasteiger partial charge in [-0.1, -0.05) is 117 Å². The zero-order chi connectivity index (χ0) is 26.9. The van der Waals surface area contributed by atoms with E-state index < -0.39 is 5.54 Å². The van der Waals surface area contributed by atoms with Gasteiger partial charge in [0.25, 0.3) is 0 Å². The highest BCUT2D eigenvalue weighted by molar-refractivity contribution is 5.70. The number of nitrogens with one attached hydrogen (secondary N) is 1. The van der Waals surface area contributed by atoms with Gasteiger partial charge in [-0.3, -0.25) is 9.59 Å². The third-order valence-corrected chi connectivity index (χ3v) is 6.57. The van der Waals surface area contributed by atoms with Crippen LogP contribution in [-0.2, 0) is 19.1 Å². The summed E-state index contributed by atoms with van der Waals surface area (Å²) >= 11 is 0. The SMILES string of the molecule is CCCCCCCCCCCC(=O)OCC(C)(COC(=O)CCCCCCCCCCC)NN(C)C. The van der Waals surface area contributed by atoms with Gasteiger partial charge in [0.1, 0.15) is 13.2 Å². The average Bonchev–Trinajstić information content (AvgIpc) is 2.84. The van der Waals surface area contributed by atoms with Crippen molar-refractivity contribution >= 4 is 11.9 Å². The summed E-state index contributed by atoms with van der Waals surface area (Å²) in [5.41, 5.74) is 2.61. The first-order valence-electron chi connectivity index (χ1n) is 15.1. The lowest BCUT2D eigenvalue weighted by Gasteiger charge is -2.32. The molecule has 0 aliphatic rings. The molecule has 0 unspecified atom stereocenters. The molecule has 6 nitrogen and oxygen atoms in total. The smallest absolute Gasteiger partial charge is 0.305 e. The molecule has 0 aliphatic carbocycles. The lowest BCUT2D eigenvalue weighted by Crippen LogP contribution is -2.56. The Morgan fingerprint density at radius 2 is 0.889 bits per heavy atom. The van der Waals surface area contributed by atoms with E-state index in [9.17, 15) is 9.59 Å². The van der Waals surface area contributed by atoms with Gasteiger partial charge in [-0.25, -0.2) is 10.4 Å². The maximum absolute atomic E-state index is 12.3. The van der Waals surface area contributed by atoms with E-state index in [2.05, 4.69) is 19.3 Å². The molecule has 214 valence electrons. The summed E-state index contributed by atoms with van der Waals surface area (Å²) in [5.74, 6) is -0.350. The lowest BCUT2D eigenvalue weighted by molar-refractivity contribution is -0.152. The number of unbranched alkanes of at least 4 members (excludes halogenated alkanes) is 16. The molecule has 0 saturated carbocycles. The second kappa shape index (κ2) is 24.2. The minimum absolute atomic E-state index is 0.173. The van der Waals surface area contributed by atoms with Crippen LogP contribution in [0.1, 0.15) is 149 Å². The molecule has 0 aromatic rings. The van der Waals surface area contributed by atoms with Crippen molar-refractivity contribution in [1.29, 1.82) is 0 Å². The second-order valence-electron chi connectivity index (χ2n) is 11.0. The Labute approximate surface area is 223 Å². The van der Waals surface area contributed by atoms with Crippen LogP contribution in [0.2, 0.25) is 0 Å². The van der Waals surface area contributed by atoms with Crippen molar-refractivity contribution in [3.8, 4) is 0 Å². The maximum Gasteiger partial charge on any atom is 0.305 e. The molecular formula is C30H60N2O4. The Balaban J connectivity index is 4.02. The normalized spacial score (nSPS) is 11.7. The number of hydrogen-bond donors (Lipinski definition) is 1. The van der Waals surface area contributed by atoms with Crippen LogP contribution in [0.3, 0.4) is 0 Å². The Hall–Kier alpha value is -1.14. The van der Waals surface area contributed by atoms with Crippen LogP contribution in [0.5, 0.6) is 0 Å². The highest BCUT2D eigenvalue weighted by Crippen LogP contribution is 2.14. The third-order valence-electron chi connectivity index (χ3n) is 6.57. The van der Waals surface area contributed by atoms with Gasteiger partial charge in [-0.15, -0.1) is 0 Å². The molecule has 6 heteroatoms. The first-order chi connectivity index (χ1) is 17.3. The topological polar surface area (TPSA) is 67.9 Å². The van der Waals surface area contributed by atoms with E-state index in [1.165, 1.54) is 89.9 Å². The van der Waals surface area contributed by atoms with Crippen molar-refractivity contribution in [3.05, 3.63) is 0 Å². The third kappa shape index (κ3) is 23.3. The number of carbonyl (C=O) groups is 2. The Morgan fingerprint density at radius 1 is 0.583 bits per heavy atom. The number of carbonyl (C=O) groups excluding carboxylic acids is 2. The van der Waals surface area contributed by atoms with E-state index in [0.717, 1.165) is 25.7 Å². The molecule has 0 saturated heterocycles. The number of hydrazine groups is 1. The number of esters is 2. The highest BCUT2D eigenvalue weighted by Gasteiger charge is 2.29. The molecule has 0 aromatic heterocycles. The number of nitrogens with zero attached hydrogens (tertiary/aromatic N) is 1. The zero-order valence-electron chi connectivity index (χ0n) is 24.6. The van der Waals surface area contributed by atoms with Gasteiger partial charge >= 0.3 is 11.9 Å². The van der Waals surface area contributed by atoms with Crippen molar-refractivity contribution in [2.75, 3.05) is 27.3 Å². The Morgan fingerprint density at radius 3 is 1.19 bits per heavy atom. The van der Waals surface area contributed by atoms with Crippen LogP contribution in [0.15, 0.2) is 0 Å². The molecule has 0 aliphatic heterocycles. The summed E-state index contributed by atoms with van der Waals surface area (Å²) in [6.45, 7) is 6.75. The van der Waals surface area contributed by atoms with E-state index >= 15 is 0 Å². The monoisotopic (exact) mass is 512 g/mol. The van der Waals surface area contributed by atoms with Gasteiger partial charge in [0, 0.05) is 26.9 Å². The van der Waals surface area contributed by atoms with Crippen molar-refractivity contribution in [2.24, 2.45) is 0 Å². The van der Waals surface area contributed by atoms with Gasteiger partial charge < -0.3 is 9.47 Å². The van der Waals surface area contributed by atoms with E-state index in [0.29, 0.717) is 12.8 Å². The van der Waals surface area contributed by atoms with Gasteiger partial charge in [-0.05, 0) is 19.8 Å². The Bertz CT molecular complexity index is 487. The predicted octanol–water partition coefficient (Wildman–Crippen LogP) is 7.74. The van der Waals surface area contributed by atoms with Crippen LogP contribution >= 0.6 is 0 Å². The first kappa shape index (κ1) is 34.9. The standard InChI is InChI=1S/C30H60N2O4/c1-6-8-10-12-14-16-18-20-22-24-28(33)35-26-30(3,31-32(4)5)27-36-29(34)25-23-21-19-17-15-13-11-9-7-2/h31H,6-27H2,1-5H3. The average molecular weight is 513 g/mol. The van der Waals surface area contributed by atoms with E-state index in [1.54, 1.807) is 0 Å². The molecule has 36 heavy (non-hydrogen) atoms. The van der Waals surface area contributed by atoms with Gasteiger partial charge in [0.2, 0.25) is 0 Å². The first-order valence-corrected chi connectivity index (χ1v) is 15.1. The quantitative estimate of drug-likeness (QED) is 0.0726. The minimum Gasteiger partial charge on any atom is -0.464 e. The fourth-order valence-corrected chi connectivity index (χ4v) is 4.43. The fourth-order valence-electron chi connectivity index (χ4n) is 4.43. The molecule has 0 amide bonds. The predicted molar refractivity (Wildman–Crippen MR) is 151 cm³/mol. The second-order valence-corrected chi connectivity index (χ2v) is 11.0. The molecule has 0 rings (SSSR count). The minimum atomic E-state index is -0.647. The summed E-state index contributed by atoms with van der Waals surface area (Å²) in [4.78, 5) is 24.5. The van der Waals surface area contributed by atoms with Crippen molar-refractivity contribution in [2.45, 2.75) is 155 Å². The van der Waals surface area contributed by atoms with Gasteiger partial charge in [-0.2, -0.15) is 0 Å². The summed E-state index contributed by atoms with van der Waals surface area (Å²) in [6, 6.07) is 0. The fraction of sp³-hybridized carbons (Fsp3) is 0.933. The van der Waals surface area contributed by atoms with Crippen LogP contribution in [0.4, 0.5) is 0 Å². The maximum atomic E-state index is 12.3. The van der Waals surface area contributed by atoms with Crippen LogP contribution in [0, 0.1) is 0 Å². The number of ether oxygens (including phenoxy) is 2. The molecular weight excluding hydrogens is 452 g/mol. The molecule has 0 heterocycles. The highest BCUT2D eigenvalue weighted by atomic mass is 16.5. The molecule has 0 aromatic carbocycles. The molecule has 0 atom stereocenters. The van der Waals surface area contributed by atoms with E-state index in [4.69, 9.17) is 9.47 Å². The van der Waals surface area contributed by atoms with Crippen molar-refractivity contribution in [3.63, 3.8) is 0 Å². The van der Waals surface area contributed by atoms with E-state index in [1.807, 2.05) is 26.0 Å². The van der Waals surface area contributed by atoms with Gasteiger partial charge in [0.15, 0.2) is 0 Å². The summed E-state index contributed by atoms with van der Waals surface area (Å²) in [5, 5.41) is 1.81. The van der Waals surface area contributed by atoms with Gasteiger partial charge in [0.05, 0.1) is 5.54 Å². The van der Waals surface area contributed by atoms with Crippen molar-refractivity contribution < 1.29 is 19.1 Å². The largest absolute Gasteiger partial charge is 0.464 e.